The van der Waals surface area contributed by atoms with Crippen LogP contribution in [-0.4, -0.2) is 14.2 Å². The van der Waals surface area contributed by atoms with Crippen molar-refractivity contribution in [1.29, 1.82) is 0 Å². The summed E-state index contributed by atoms with van der Waals surface area (Å²) >= 11 is 0. The Bertz CT molecular complexity index is 536. The molecule has 3 heteroatoms. The van der Waals surface area contributed by atoms with Gasteiger partial charge >= 0.3 is 0 Å². The van der Waals surface area contributed by atoms with Gasteiger partial charge in [-0.2, -0.15) is 0 Å². The lowest BCUT2D eigenvalue weighted by molar-refractivity contribution is 0.396. The minimum Gasteiger partial charge on any atom is -0.496 e. The van der Waals surface area contributed by atoms with Crippen molar-refractivity contribution >= 4 is 0 Å². The van der Waals surface area contributed by atoms with Crippen LogP contribution >= 0.6 is 0 Å². The fourth-order valence-corrected chi connectivity index (χ4v) is 2.09. The molecule has 2 aromatic carbocycles. The lowest BCUT2D eigenvalue weighted by Gasteiger charge is -2.15. The predicted molar refractivity (Wildman–Crippen MR) is 77.6 cm³/mol. The molecule has 0 saturated carbocycles. The number of methoxy groups -OCH3 is 2. The van der Waals surface area contributed by atoms with E-state index in [1.54, 1.807) is 14.2 Å². The highest BCUT2D eigenvalue weighted by atomic mass is 16.5. The summed E-state index contributed by atoms with van der Waals surface area (Å²) in [5.74, 6) is 1.56. The monoisotopic (exact) mass is 257 g/mol. The standard InChI is InChI=1S/C16H19NO2/c1-11-4-6-13(7-5-11)16-14(18-2)8-12(10-17)9-15(16)19-3/h4-9H,10,17H2,1-3H3. The van der Waals surface area contributed by atoms with Gasteiger partial charge in [-0.05, 0) is 30.2 Å². The third-order valence-corrected chi connectivity index (χ3v) is 3.14. The van der Waals surface area contributed by atoms with Crippen LogP contribution in [0, 0.1) is 6.92 Å². The normalized spacial score (nSPS) is 10.3. The minimum atomic E-state index is 0.459. The summed E-state index contributed by atoms with van der Waals surface area (Å²) < 4.78 is 11.0. The average Bonchev–Trinajstić information content (AvgIpc) is 2.46. The first-order valence-electron chi connectivity index (χ1n) is 6.21. The van der Waals surface area contributed by atoms with Gasteiger partial charge in [-0.1, -0.05) is 29.8 Å². The van der Waals surface area contributed by atoms with Gasteiger partial charge in [-0.15, -0.1) is 0 Å². The second kappa shape index (κ2) is 5.76. The summed E-state index contributed by atoms with van der Waals surface area (Å²) in [4.78, 5) is 0. The second-order valence-electron chi connectivity index (χ2n) is 4.45. The van der Waals surface area contributed by atoms with E-state index in [-0.39, 0.29) is 0 Å². The molecule has 0 fully saturated rings. The Morgan fingerprint density at radius 1 is 0.947 bits per heavy atom. The second-order valence-corrected chi connectivity index (χ2v) is 4.45. The van der Waals surface area contributed by atoms with E-state index in [4.69, 9.17) is 15.2 Å². The number of ether oxygens (including phenoxy) is 2. The molecule has 0 saturated heterocycles. The Hall–Kier alpha value is -2.00. The van der Waals surface area contributed by atoms with Gasteiger partial charge in [0.15, 0.2) is 0 Å². The molecule has 2 aromatic rings. The summed E-state index contributed by atoms with van der Waals surface area (Å²) in [5.41, 5.74) is 9.94. The Kier molecular flexibility index (Phi) is 4.07. The van der Waals surface area contributed by atoms with Crippen molar-refractivity contribution in [3.63, 3.8) is 0 Å². The maximum Gasteiger partial charge on any atom is 0.130 e. The first kappa shape index (κ1) is 13.4. The number of nitrogens with two attached hydrogens (primary N) is 1. The molecule has 0 heterocycles. The van der Waals surface area contributed by atoms with E-state index in [2.05, 4.69) is 31.2 Å². The maximum atomic E-state index is 5.69. The Morgan fingerprint density at radius 2 is 1.47 bits per heavy atom. The number of rotatable bonds is 4. The number of aryl methyl sites for hydroxylation is 1. The van der Waals surface area contributed by atoms with Gasteiger partial charge < -0.3 is 15.2 Å². The molecule has 0 atom stereocenters. The van der Waals surface area contributed by atoms with Crippen LogP contribution < -0.4 is 15.2 Å². The molecular weight excluding hydrogens is 238 g/mol. The number of hydrogen-bond acceptors (Lipinski definition) is 3. The molecule has 3 nitrogen and oxygen atoms in total. The highest BCUT2D eigenvalue weighted by Gasteiger charge is 2.14. The summed E-state index contributed by atoms with van der Waals surface area (Å²) in [6, 6.07) is 12.2. The van der Waals surface area contributed by atoms with Crippen LogP contribution in [-0.2, 0) is 6.54 Å². The van der Waals surface area contributed by atoms with Crippen LogP contribution in [0.1, 0.15) is 11.1 Å². The fraction of sp³-hybridized carbons (Fsp3) is 0.250. The number of benzene rings is 2. The average molecular weight is 257 g/mol. The van der Waals surface area contributed by atoms with Gasteiger partial charge in [-0.25, -0.2) is 0 Å². The van der Waals surface area contributed by atoms with Crippen LogP contribution in [0.2, 0.25) is 0 Å². The summed E-state index contributed by atoms with van der Waals surface area (Å²) in [7, 11) is 3.32. The third-order valence-electron chi connectivity index (χ3n) is 3.14. The van der Waals surface area contributed by atoms with Crippen molar-refractivity contribution in [3.05, 3.63) is 47.5 Å². The van der Waals surface area contributed by atoms with Gasteiger partial charge in [0.2, 0.25) is 0 Å². The third kappa shape index (κ3) is 2.71. The molecule has 19 heavy (non-hydrogen) atoms. The Balaban J connectivity index is 2.63. The van der Waals surface area contributed by atoms with E-state index in [0.717, 1.165) is 28.2 Å². The van der Waals surface area contributed by atoms with Crippen molar-refractivity contribution in [1.82, 2.24) is 0 Å². The van der Waals surface area contributed by atoms with Crippen LogP contribution in [0.5, 0.6) is 11.5 Å². The van der Waals surface area contributed by atoms with E-state index >= 15 is 0 Å². The van der Waals surface area contributed by atoms with E-state index in [9.17, 15) is 0 Å². The summed E-state index contributed by atoms with van der Waals surface area (Å²) in [6.07, 6.45) is 0. The molecule has 0 bridgehead atoms. The first-order valence-corrected chi connectivity index (χ1v) is 6.21. The molecule has 0 aromatic heterocycles. The molecule has 2 rings (SSSR count). The molecule has 0 aliphatic rings. The zero-order valence-corrected chi connectivity index (χ0v) is 11.6. The lowest BCUT2D eigenvalue weighted by atomic mass is 10.00. The van der Waals surface area contributed by atoms with Gasteiger partial charge in [0.05, 0.1) is 19.8 Å². The largest absolute Gasteiger partial charge is 0.496 e. The van der Waals surface area contributed by atoms with Crippen molar-refractivity contribution in [3.8, 4) is 22.6 Å². The van der Waals surface area contributed by atoms with Crippen molar-refractivity contribution < 1.29 is 9.47 Å². The van der Waals surface area contributed by atoms with Crippen molar-refractivity contribution in [2.75, 3.05) is 14.2 Å². The maximum absolute atomic E-state index is 5.69. The van der Waals surface area contributed by atoms with Gasteiger partial charge in [-0.3, -0.25) is 0 Å². The molecule has 2 N–H and O–H groups in total. The molecule has 0 amide bonds. The highest BCUT2D eigenvalue weighted by molar-refractivity contribution is 5.77. The molecular formula is C16H19NO2. The first-order chi connectivity index (χ1) is 9.19. The Labute approximate surface area is 114 Å². The molecule has 0 radical (unpaired) electrons. The van der Waals surface area contributed by atoms with Crippen LogP contribution in [0.3, 0.4) is 0 Å². The van der Waals surface area contributed by atoms with E-state index in [0.29, 0.717) is 6.54 Å². The molecule has 0 unspecified atom stereocenters. The molecule has 0 spiro atoms. The smallest absolute Gasteiger partial charge is 0.130 e. The minimum absolute atomic E-state index is 0.459. The molecule has 0 aliphatic heterocycles. The van der Waals surface area contributed by atoms with Gasteiger partial charge in [0.25, 0.3) is 0 Å². The Morgan fingerprint density at radius 3 is 1.89 bits per heavy atom. The SMILES string of the molecule is COc1cc(CN)cc(OC)c1-c1ccc(C)cc1. The molecule has 0 aliphatic carbocycles. The zero-order valence-electron chi connectivity index (χ0n) is 11.6. The number of hydrogen-bond donors (Lipinski definition) is 1. The van der Waals surface area contributed by atoms with Crippen LogP contribution in [0.4, 0.5) is 0 Å². The van der Waals surface area contributed by atoms with Gasteiger partial charge in [0, 0.05) is 6.54 Å². The summed E-state index contributed by atoms with van der Waals surface area (Å²) in [5, 5.41) is 0. The van der Waals surface area contributed by atoms with Gasteiger partial charge in [0.1, 0.15) is 11.5 Å². The van der Waals surface area contributed by atoms with Crippen LogP contribution in [0.15, 0.2) is 36.4 Å². The van der Waals surface area contributed by atoms with E-state index < -0.39 is 0 Å². The zero-order chi connectivity index (χ0) is 13.8. The predicted octanol–water partition coefficient (Wildman–Crippen LogP) is 3.14. The molecule has 100 valence electrons. The van der Waals surface area contributed by atoms with Crippen molar-refractivity contribution in [2.24, 2.45) is 5.73 Å². The topological polar surface area (TPSA) is 44.5 Å². The van der Waals surface area contributed by atoms with Crippen molar-refractivity contribution in [2.45, 2.75) is 13.5 Å². The summed E-state index contributed by atoms with van der Waals surface area (Å²) in [6.45, 7) is 2.52. The fourth-order valence-electron chi connectivity index (χ4n) is 2.09. The van der Waals surface area contributed by atoms with Crippen LogP contribution in [0.25, 0.3) is 11.1 Å². The van der Waals surface area contributed by atoms with E-state index in [1.165, 1.54) is 5.56 Å². The lowest BCUT2D eigenvalue weighted by Crippen LogP contribution is -2.00. The highest BCUT2D eigenvalue weighted by Crippen LogP contribution is 2.39. The quantitative estimate of drug-likeness (QED) is 0.915. The van der Waals surface area contributed by atoms with E-state index in [1.807, 2.05) is 12.1 Å².